The second kappa shape index (κ2) is 8.97. The Morgan fingerprint density at radius 2 is 1.71 bits per heavy atom. The van der Waals surface area contributed by atoms with Crippen LogP contribution in [0.25, 0.3) is 0 Å². The fourth-order valence-corrected chi connectivity index (χ4v) is 4.74. The van der Waals surface area contributed by atoms with Gasteiger partial charge in [-0.25, -0.2) is 9.97 Å². The van der Waals surface area contributed by atoms with Crippen LogP contribution in [0.1, 0.15) is 41.4 Å². The minimum atomic E-state index is -4.33. The average Bonchev–Trinajstić information content (AvgIpc) is 3.29. The summed E-state index contributed by atoms with van der Waals surface area (Å²) in [6, 6.07) is 5.42. The molecule has 168 valence electrons. The monoisotopic (exact) mass is 435 g/mol. The highest BCUT2D eigenvalue weighted by molar-refractivity contribution is 5.59. The van der Waals surface area contributed by atoms with Crippen molar-refractivity contribution in [2.45, 2.75) is 30.9 Å². The minimum Gasteiger partial charge on any atom is -0.383 e. The van der Waals surface area contributed by atoms with Crippen LogP contribution in [-0.2, 0) is 6.18 Å². The molecule has 2 aromatic rings. The van der Waals surface area contributed by atoms with Crippen molar-refractivity contribution in [3.8, 4) is 0 Å². The van der Waals surface area contributed by atoms with Gasteiger partial charge in [-0.2, -0.15) is 13.2 Å². The number of aromatic nitrogens is 2. The number of anilines is 2. The van der Waals surface area contributed by atoms with E-state index in [-0.39, 0.29) is 11.8 Å². The second-order valence-electron chi connectivity index (χ2n) is 8.24. The lowest BCUT2D eigenvalue weighted by Crippen LogP contribution is -2.38. The first-order valence-corrected chi connectivity index (χ1v) is 10.6. The van der Waals surface area contributed by atoms with E-state index in [9.17, 15) is 13.2 Å². The molecule has 7 nitrogen and oxygen atoms in total. The Hall–Kier alpha value is -2.43. The fraction of sp³-hybridized carbons (Fsp3) is 0.524. The quantitative estimate of drug-likeness (QED) is 0.571. The maximum atomic E-state index is 12.9. The smallest absolute Gasteiger partial charge is 0.383 e. The SMILES string of the molecule is NC[C@H](c1ccc(C(F)(F)F)cc1)C1CCN(c2ncnc(N)c2C2CNNC2)CC1. The lowest BCUT2D eigenvalue weighted by atomic mass is 9.79. The number of hydrazine groups is 1. The number of nitrogens with zero attached hydrogens (tertiary/aromatic N) is 3. The van der Waals surface area contributed by atoms with Gasteiger partial charge in [0.05, 0.1) is 5.56 Å². The highest BCUT2D eigenvalue weighted by Gasteiger charge is 2.33. The number of nitrogen functional groups attached to an aromatic ring is 1. The Labute approximate surface area is 179 Å². The first-order chi connectivity index (χ1) is 14.9. The van der Waals surface area contributed by atoms with Gasteiger partial charge < -0.3 is 16.4 Å². The third-order valence-electron chi connectivity index (χ3n) is 6.45. The molecule has 1 aromatic carbocycles. The molecule has 0 amide bonds. The van der Waals surface area contributed by atoms with E-state index in [2.05, 4.69) is 25.7 Å². The molecule has 0 spiro atoms. The van der Waals surface area contributed by atoms with E-state index in [4.69, 9.17) is 11.5 Å². The Bertz CT molecular complexity index is 874. The Balaban J connectivity index is 1.46. The predicted octanol–water partition coefficient (Wildman–Crippen LogP) is 2.23. The number of hydrogen-bond acceptors (Lipinski definition) is 7. The highest BCUT2D eigenvalue weighted by atomic mass is 19.4. The zero-order chi connectivity index (χ0) is 22.0. The van der Waals surface area contributed by atoms with Crippen LogP contribution in [0.2, 0.25) is 0 Å². The minimum absolute atomic E-state index is 0.0302. The largest absolute Gasteiger partial charge is 0.416 e. The second-order valence-corrected chi connectivity index (χ2v) is 8.24. The summed E-state index contributed by atoms with van der Waals surface area (Å²) in [5.41, 5.74) is 19.7. The molecule has 0 unspecified atom stereocenters. The van der Waals surface area contributed by atoms with Crippen molar-refractivity contribution in [1.82, 2.24) is 20.8 Å². The third kappa shape index (κ3) is 4.60. The number of piperidine rings is 1. The van der Waals surface area contributed by atoms with Gasteiger partial charge >= 0.3 is 6.18 Å². The van der Waals surface area contributed by atoms with Gasteiger partial charge in [-0.1, -0.05) is 12.1 Å². The molecule has 0 bridgehead atoms. The molecule has 31 heavy (non-hydrogen) atoms. The summed E-state index contributed by atoms with van der Waals surface area (Å²) >= 11 is 0. The molecule has 1 atom stereocenters. The molecular weight excluding hydrogens is 407 g/mol. The summed E-state index contributed by atoms with van der Waals surface area (Å²) in [6.07, 6.45) is -1.06. The molecule has 2 fully saturated rings. The van der Waals surface area contributed by atoms with Gasteiger partial charge in [0.25, 0.3) is 0 Å². The van der Waals surface area contributed by atoms with Crippen LogP contribution >= 0.6 is 0 Å². The third-order valence-corrected chi connectivity index (χ3v) is 6.45. The fourth-order valence-electron chi connectivity index (χ4n) is 4.74. The van der Waals surface area contributed by atoms with E-state index < -0.39 is 11.7 Å². The van der Waals surface area contributed by atoms with Crippen molar-refractivity contribution < 1.29 is 13.2 Å². The number of halogens is 3. The summed E-state index contributed by atoms with van der Waals surface area (Å²) in [5, 5.41) is 0. The lowest BCUT2D eigenvalue weighted by Gasteiger charge is -2.37. The van der Waals surface area contributed by atoms with Crippen molar-refractivity contribution in [3.63, 3.8) is 0 Å². The summed E-state index contributed by atoms with van der Waals surface area (Å²) in [6.45, 7) is 3.52. The molecule has 0 radical (unpaired) electrons. The van der Waals surface area contributed by atoms with Crippen LogP contribution in [0.5, 0.6) is 0 Å². The molecule has 0 saturated carbocycles. The van der Waals surface area contributed by atoms with Crippen LogP contribution < -0.4 is 27.2 Å². The van der Waals surface area contributed by atoms with E-state index in [0.717, 1.165) is 68.1 Å². The van der Waals surface area contributed by atoms with Gasteiger partial charge in [0.2, 0.25) is 0 Å². The molecule has 2 aliphatic rings. The Morgan fingerprint density at radius 1 is 1.06 bits per heavy atom. The molecule has 0 aliphatic carbocycles. The number of nitrogens with one attached hydrogen (secondary N) is 2. The number of rotatable bonds is 5. The first-order valence-electron chi connectivity index (χ1n) is 10.6. The van der Waals surface area contributed by atoms with Crippen molar-refractivity contribution in [1.29, 1.82) is 0 Å². The Kier molecular flexibility index (Phi) is 6.31. The van der Waals surface area contributed by atoms with E-state index in [1.807, 2.05) is 0 Å². The van der Waals surface area contributed by atoms with Gasteiger partial charge in [0.1, 0.15) is 18.0 Å². The van der Waals surface area contributed by atoms with Crippen molar-refractivity contribution in [2.24, 2.45) is 11.7 Å². The summed E-state index contributed by atoms with van der Waals surface area (Å²) < 4.78 is 38.6. The standard InChI is InChI=1S/C21H28F3N7/c22-21(23,24)16-3-1-13(2-4-16)17(9-25)14-5-7-31(8-6-14)20-18(15-10-29-30-11-15)19(26)27-12-28-20/h1-4,12,14-15,17,29-30H,5-11,25H2,(H2,26,27,28)/t17-/m1/s1. The first kappa shape index (κ1) is 21.8. The molecular formula is C21H28F3N7. The maximum Gasteiger partial charge on any atom is 0.416 e. The van der Waals surface area contributed by atoms with Crippen LogP contribution in [0.3, 0.4) is 0 Å². The maximum absolute atomic E-state index is 12.9. The topological polar surface area (TPSA) is 105 Å². The van der Waals surface area contributed by atoms with Crippen LogP contribution in [0, 0.1) is 5.92 Å². The van der Waals surface area contributed by atoms with Crippen molar-refractivity contribution in [3.05, 3.63) is 47.3 Å². The predicted molar refractivity (Wildman–Crippen MR) is 113 cm³/mol. The Morgan fingerprint density at radius 3 is 2.29 bits per heavy atom. The van der Waals surface area contributed by atoms with Crippen LogP contribution in [0.15, 0.2) is 30.6 Å². The zero-order valence-electron chi connectivity index (χ0n) is 17.2. The van der Waals surface area contributed by atoms with E-state index in [1.54, 1.807) is 12.1 Å². The number of nitrogens with two attached hydrogens (primary N) is 2. The molecule has 2 saturated heterocycles. The van der Waals surface area contributed by atoms with E-state index in [1.165, 1.54) is 6.33 Å². The highest BCUT2D eigenvalue weighted by Crippen LogP contribution is 2.37. The molecule has 1 aromatic heterocycles. The van der Waals surface area contributed by atoms with Crippen LogP contribution in [-0.4, -0.2) is 42.7 Å². The zero-order valence-corrected chi connectivity index (χ0v) is 17.2. The van der Waals surface area contributed by atoms with Crippen LogP contribution in [0.4, 0.5) is 24.8 Å². The van der Waals surface area contributed by atoms with E-state index in [0.29, 0.717) is 18.3 Å². The number of hydrogen-bond donors (Lipinski definition) is 4. The van der Waals surface area contributed by atoms with Crippen molar-refractivity contribution in [2.75, 3.05) is 43.4 Å². The lowest BCUT2D eigenvalue weighted by molar-refractivity contribution is -0.137. The van der Waals surface area contributed by atoms with Crippen molar-refractivity contribution >= 4 is 11.6 Å². The molecule has 6 N–H and O–H groups in total. The molecule has 3 heterocycles. The normalized spacial score (nSPS) is 19.7. The van der Waals surface area contributed by atoms with Gasteiger partial charge in [-0.05, 0) is 48.9 Å². The summed E-state index contributed by atoms with van der Waals surface area (Å²) in [5.74, 6) is 1.92. The van der Waals surface area contributed by atoms with Gasteiger partial charge in [0.15, 0.2) is 0 Å². The molecule has 10 heteroatoms. The van der Waals surface area contributed by atoms with E-state index >= 15 is 0 Å². The number of benzene rings is 1. The van der Waals surface area contributed by atoms with Gasteiger partial charge in [-0.15, -0.1) is 0 Å². The average molecular weight is 435 g/mol. The summed E-state index contributed by atoms with van der Waals surface area (Å²) in [7, 11) is 0. The van der Waals surface area contributed by atoms with Gasteiger partial charge in [-0.3, -0.25) is 10.9 Å². The van der Waals surface area contributed by atoms with Gasteiger partial charge in [0, 0.05) is 37.7 Å². The summed E-state index contributed by atoms with van der Waals surface area (Å²) in [4.78, 5) is 11.0. The number of alkyl halides is 3. The molecule has 2 aliphatic heterocycles. The molecule has 4 rings (SSSR count).